The number of benzene rings is 4. The van der Waals surface area contributed by atoms with E-state index in [2.05, 4.69) is 112 Å². The molecule has 0 aromatic heterocycles. The van der Waals surface area contributed by atoms with Crippen molar-refractivity contribution >= 4 is 0 Å². The van der Waals surface area contributed by atoms with E-state index in [9.17, 15) is 0 Å². The molecule has 0 unspecified atom stereocenters. The Hall–Kier alpha value is -3.12. The van der Waals surface area contributed by atoms with Gasteiger partial charge >= 0.3 is 0 Å². The third-order valence-corrected chi connectivity index (χ3v) is 6.06. The predicted molar refractivity (Wildman–Crippen MR) is 118 cm³/mol. The van der Waals surface area contributed by atoms with Crippen LogP contribution in [0.25, 0.3) is 11.1 Å². The molecule has 0 radical (unpaired) electrons. The Balaban J connectivity index is 1.99. The summed E-state index contributed by atoms with van der Waals surface area (Å²) in [5.41, 5.74) is 11.8. The molecule has 0 nitrogen and oxygen atoms in total. The molecule has 28 heavy (non-hydrogen) atoms. The first-order chi connectivity index (χ1) is 13.6. The van der Waals surface area contributed by atoms with Crippen molar-refractivity contribution in [1.29, 1.82) is 0 Å². The van der Waals surface area contributed by atoms with E-state index < -0.39 is 0 Å². The fraction of sp³-hybridized carbons (Fsp3) is 0.143. The summed E-state index contributed by atoms with van der Waals surface area (Å²) in [5, 5.41) is 0. The van der Waals surface area contributed by atoms with Crippen molar-refractivity contribution in [1.82, 2.24) is 0 Å². The molecule has 0 heteroatoms. The van der Waals surface area contributed by atoms with E-state index in [0.29, 0.717) is 0 Å². The summed E-state index contributed by atoms with van der Waals surface area (Å²) in [7, 11) is 0. The first-order valence-corrected chi connectivity index (χ1v) is 9.96. The minimum Gasteiger partial charge on any atom is -0.0619 e. The van der Waals surface area contributed by atoms with Crippen LogP contribution < -0.4 is 0 Å². The van der Waals surface area contributed by atoms with Crippen LogP contribution in [0.5, 0.6) is 0 Å². The standard InChI is InChI=1S/C28H24/c1-19-9-8-10-22(16-19)28(23-17-20(2)15-21(3)18-23)26-13-6-4-11-24(26)25-12-5-7-14-27(25)28/h4-18H,1-3H3. The van der Waals surface area contributed by atoms with E-state index in [1.165, 1.54) is 50.1 Å². The zero-order valence-corrected chi connectivity index (χ0v) is 16.7. The van der Waals surface area contributed by atoms with Crippen LogP contribution in [0, 0.1) is 20.8 Å². The molecule has 1 aliphatic rings. The molecule has 0 aliphatic heterocycles. The van der Waals surface area contributed by atoms with E-state index >= 15 is 0 Å². The Labute approximate surface area is 167 Å². The molecule has 0 atom stereocenters. The van der Waals surface area contributed by atoms with Gasteiger partial charge in [0.25, 0.3) is 0 Å². The highest BCUT2D eigenvalue weighted by Crippen LogP contribution is 2.56. The van der Waals surface area contributed by atoms with Gasteiger partial charge in [-0.05, 0) is 54.2 Å². The fourth-order valence-corrected chi connectivity index (χ4v) is 5.09. The van der Waals surface area contributed by atoms with Gasteiger partial charge in [-0.25, -0.2) is 0 Å². The molecule has 1 aliphatic carbocycles. The average Bonchev–Trinajstić information content (AvgIpc) is 2.99. The minimum absolute atomic E-state index is 0.282. The molecule has 0 spiro atoms. The molecule has 0 heterocycles. The van der Waals surface area contributed by atoms with Crippen molar-refractivity contribution in [2.24, 2.45) is 0 Å². The summed E-state index contributed by atoms with van der Waals surface area (Å²) in [6, 6.07) is 33.9. The van der Waals surface area contributed by atoms with Gasteiger partial charge in [0.15, 0.2) is 0 Å². The van der Waals surface area contributed by atoms with Crippen molar-refractivity contribution in [3.05, 3.63) is 130 Å². The zero-order chi connectivity index (χ0) is 19.3. The molecule has 4 aromatic rings. The van der Waals surface area contributed by atoms with Crippen LogP contribution in [0.15, 0.2) is 91.0 Å². The molecule has 0 fully saturated rings. The Morgan fingerprint density at radius 2 is 1.00 bits per heavy atom. The highest BCUT2D eigenvalue weighted by atomic mass is 14.5. The predicted octanol–water partition coefficient (Wildman–Crippen LogP) is 6.97. The van der Waals surface area contributed by atoms with Gasteiger partial charge in [-0.1, -0.05) is 108 Å². The summed E-state index contributed by atoms with van der Waals surface area (Å²) in [4.78, 5) is 0. The van der Waals surface area contributed by atoms with Crippen molar-refractivity contribution in [3.63, 3.8) is 0 Å². The first kappa shape index (κ1) is 17.0. The van der Waals surface area contributed by atoms with Gasteiger partial charge in [-0.2, -0.15) is 0 Å². The highest BCUT2D eigenvalue weighted by Gasteiger charge is 2.45. The molecular weight excluding hydrogens is 336 g/mol. The van der Waals surface area contributed by atoms with Crippen LogP contribution in [-0.4, -0.2) is 0 Å². The van der Waals surface area contributed by atoms with Crippen molar-refractivity contribution < 1.29 is 0 Å². The lowest BCUT2D eigenvalue weighted by molar-refractivity contribution is 0.765. The molecule has 0 N–H and O–H groups in total. The van der Waals surface area contributed by atoms with Crippen LogP contribution in [0.2, 0.25) is 0 Å². The van der Waals surface area contributed by atoms with Gasteiger partial charge in [-0.3, -0.25) is 0 Å². The Morgan fingerprint density at radius 3 is 1.57 bits per heavy atom. The van der Waals surface area contributed by atoms with Crippen LogP contribution in [-0.2, 0) is 5.41 Å². The lowest BCUT2D eigenvalue weighted by Gasteiger charge is -2.34. The van der Waals surface area contributed by atoms with Gasteiger partial charge in [0.05, 0.1) is 5.41 Å². The molecule has 136 valence electrons. The molecule has 0 saturated heterocycles. The fourth-order valence-electron chi connectivity index (χ4n) is 5.09. The second-order valence-corrected chi connectivity index (χ2v) is 8.09. The second kappa shape index (κ2) is 6.21. The normalized spacial score (nSPS) is 13.8. The smallest absolute Gasteiger partial charge is 0.0619 e. The monoisotopic (exact) mass is 360 g/mol. The summed E-state index contributed by atoms with van der Waals surface area (Å²) in [6.07, 6.45) is 0. The average molecular weight is 361 g/mol. The van der Waals surface area contributed by atoms with Gasteiger partial charge < -0.3 is 0 Å². The highest BCUT2D eigenvalue weighted by molar-refractivity contribution is 5.86. The van der Waals surface area contributed by atoms with Crippen molar-refractivity contribution in [3.8, 4) is 11.1 Å². The Kier molecular flexibility index (Phi) is 3.77. The van der Waals surface area contributed by atoms with Gasteiger partial charge in [0, 0.05) is 0 Å². The van der Waals surface area contributed by atoms with Crippen molar-refractivity contribution in [2.75, 3.05) is 0 Å². The topological polar surface area (TPSA) is 0 Å². The van der Waals surface area contributed by atoms with E-state index in [4.69, 9.17) is 0 Å². The van der Waals surface area contributed by atoms with E-state index in [1.54, 1.807) is 0 Å². The molecule has 4 aromatic carbocycles. The number of rotatable bonds is 2. The van der Waals surface area contributed by atoms with Crippen LogP contribution in [0.3, 0.4) is 0 Å². The third-order valence-electron chi connectivity index (χ3n) is 6.06. The summed E-state index contributed by atoms with van der Waals surface area (Å²) >= 11 is 0. The van der Waals surface area contributed by atoms with Gasteiger partial charge in [0.2, 0.25) is 0 Å². The maximum absolute atomic E-state index is 2.37. The van der Waals surface area contributed by atoms with Crippen LogP contribution in [0.1, 0.15) is 38.9 Å². The molecule has 0 bridgehead atoms. The molecular formula is C28H24. The number of fused-ring (bicyclic) bond motifs is 3. The second-order valence-electron chi connectivity index (χ2n) is 8.09. The lowest BCUT2D eigenvalue weighted by Crippen LogP contribution is -2.29. The maximum Gasteiger partial charge on any atom is 0.0713 e. The quantitative estimate of drug-likeness (QED) is 0.319. The number of hydrogen-bond donors (Lipinski definition) is 0. The Bertz CT molecular complexity index is 1130. The van der Waals surface area contributed by atoms with Gasteiger partial charge in [-0.15, -0.1) is 0 Å². The number of hydrogen-bond acceptors (Lipinski definition) is 0. The molecule has 5 rings (SSSR count). The maximum atomic E-state index is 2.37. The Morgan fingerprint density at radius 1 is 0.464 bits per heavy atom. The van der Waals surface area contributed by atoms with E-state index in [1.807, 2.05) is 0 Å². The minimum atomic E-state index is -0.282. The number of aryl methyl sites for hydroxylation is 3. The van der Waals surface area contributed by atoms with E-state index in [-0.39, 0.29) is 5.41 Å². The van der Waals surface area contributed by atoms with E-state index in [0.717, 1.165) is 0 Å². The van der Waals surface area contributed by atoms with Crippen LogP contribution >= 0.6 is 0 Å². The first-order valence-electron chi connectivity index (χ1n) is 9.96. The summed E-state index contributed by atoms with van der Waals surface area (Å²) < 4.78 is 0. The summed E-state index contributed by atoms with van der Waals surface area (Å²) in [5.74, 6) is 0. The summed E-state index contributed by atoms with van der Waals surface area (Å²) in [6.45, 7) is 6.59. The van der Waals surface area contributed by atoms with Crippen LogP contribution in [0.4, 0.5) is 0 Å². The third kappa shape index (κ3) is 2.31. The molecule has 0 saturated carbocycles. The SMILES string of the molecule is Cc1cccc(C2(c3cc(C)cc(C)c3)c3ccccc3-c3ccccc32)c1. The largest absolute Gasteiger partial charge is 0.0713 e. The zero-order valence-electron chi connectivity index (χ0n) is 16.7. The molecule has 0 amide bonds. The van der Waals surface area contributed by atoms with Crippen molar-refractivity contribution in [2.45, 2.75) is 26.2 Å². The lowest BCUT2D eigenvalue weighted by atomic mass is 9.67. The van der Waals surface area contributed by atoms with Gasteiger partial charge in [0.1, 0.15) is 0 Å².